The Morgan fingerprint density at radius 3 is 2.67 bits per heavy atom. The third-order valence-corrected chi connectivity index (χ3v) is 5.52. The molecule has 4 heterocycles. The number of pyridine rings is 1. The monoisotopic (exact) mass is 364 g/mol. The van der Waals surface area contributed by atoms with E-state index in [4.69, 9.17) is 10.1 Å². The van der Waals surface area contributed by atoms with E-state index in [1.54, 1.807) is 0 Å². The van der Waals surface area contributed by atoms with Gasteiger partial charge in [0.05, 0.1) is 11.4 Å². The molecule has 27 heavy (non-hydrogen) atoms. The van der Waals surface area contributed by atoms with Gasteiger partial charge in [-0.1, -0.05) is 13.0 Å². The number of aryl methyl sites for hydroxylation is 3. The fraction of sp³-hybridized carbons (Fsp3) is 0.476. The van der Waals surface area contributed by atoms with E-state index >= 15 is 0 Å². The number of hydrogen-bond donors (Lipinski definition) is 1. The summed E-state index contributed by atoms with van der Waals surface area (Å²) in [6, 6.07) is 8.75. The second kappa shape index (κ2) is 7.64. The first-order valence-electron chi connectivity index (χ1n) is 9.88. The Kier molecular flexibility index (Phi) is 5.07. The minimum Gasteiger partial charge on any atom is -0.367 e. The molecule has 1 aliphatic rings. The predicted molar refractivity (Wildman–Crippen MR) is 108 cm³/mol. The van der Waals surface area contributed by atoms with Crippen molar-refractivity contribution in [3.05, 3.63) is 53.1 Å². The quantitative estimate of drug-likeness (QED) is 0.752. The van der Waals surface area contributed by atoms with Crippen molar-refractivity contribution >= 4 is 11.5 Å². The maximum Gasteiger partial charge on any atom is 0.160 e. The van der Waals surface area contributed by atoms with E-state index in [0.29, 0.717) is 6.04 Å². The number of rotatable bonds is 5. The van der Waals surface area contributed by atoms with Crippen LogP contribution in [0.25, 0.3) is 5.65 Å². The van der Waals surface area contributed by atoms with Crippen molar-refractivity contribution in [3.63, 3.8) is 0 Å². The summed E-state index contributed by atoms with van der Waals surface area (Å²) in [5.74, 6) is 1.07. The summed E-state index contributed by atoms with van der Waals surface area (Å²) in [6.45, 7) is 9.40. The van der Waals surface area contributed by atoms with Crippen LogP contribution in [0.3, 0.4) is 0 Å². The molecule has 3 aromatic heterocycles. The third kappa shape index (κ3) is 3.81. The zero-order valence-corrected chi connectivity index (χ0v) is 16.4. The van der Waals surface area contributed by atoms with Gasteiger partial charge in [-0.05, 0) is 45.2 Å². The Morgan fingerprint density at radius 2 is 1.96 bits per heavy atom. The standard InChI is InChI=1S/C21H28N6/c1-4-17-13-20(27-21(24-17)15(2)16(3)25-27)23-18-8-11-26(12-9-18)14-19-7-5-6-10-22-19/h5-7,10,13,18,23H,4,8-9,11-12,14H2,1-3H3. The van der Waals surface area contributed by atoms with E-state index in [-0.39, 0.29) is 0 Å². The van der Waals surface area contributed by atoms with Crippen LogP contribution in [0.2, 0.25) is 0 Å². The average molecular weight is 364 g/mol. The van der Waals surface area contributed by atoms with Crippen molar-refractivity contribution in [2.24, 2.45) is 0 Å². The molecule has 6 heteroatoms. The molecule has 142 valence electrons. The molecule has 1 N–H and O–H groups in total. The lowest BCUT2D eigenvalue weighted by atomic mass is 10.0. The van der Waals surface area contributed by atoms with Crippen molar-refractivity contribution in [3.8, 4) is 0 Å². The molecule has 4 rings (SSSR count). The smallest absolute Gasteiger partial charge is 0.160 e. The van der Waals surface area contributed by atoms with Crippen LogP contribution < -0.4 is 5.32 Å². The van der Waals surface area contributed by atoms with E-state index < -0.39 is 0 Å². The number of nitrogens with one attached hydrogen (secondary N) is 1. The lowest BCUT2D eigenvalue weighted by Crippen LogP contribution is -2.39. The third-order valence-electron chi connectivity index (χ3n) is 5.52. The minimum absolute atomic E-state index is 0.463. The molecule has 0 amide bonds. The van der Waals surface area contributed by atoms with Gasteiger partial charge in [-0.3, -0.25) is 9.88 Å². The van der Waals surface area contributed by atoms with Crippen LogP contribution >= 0.6 is 0 Å². The number of likely N-dealkylation sites (tertiary alicyclic amines) is 1. The van der Waals surface area contributed by atoms with Gasteiger partial charge in [0, 0.05) is 49.2 Å². The summed E-state index contributed by atoms with van der Waals surface area (Å²) in [5, 5.41) is 8.44. The van der Waals surface area contributed by atoms with Gasteiger partial charge in [0.2, 0.25) is 0 Å². The zero-order chi connectivity index (χ0) is 18.8. The van der Waals surface area contributed by atoms with Crippen LogP contribution in [-0.4, -0.2) is 43.6 Å². The Labute approximate surface area is 160 Å². The highest BCUT2D eigenvalue weighted by atomic mass is 15.3. The number of piperidine rings is 1. The van der Waals surface area contributed by atoms with Gasteiger partial charge >= 0.3 is 0 Å². The van der Waals surface area contributed by atoms with Gasteiger partial charge in [0.1, 0.15) is 5.82 Å². The molecule has 0 bridgehead atoms. The summed E-state index contributed by atoms with van der Waals surface area (Å²) >= 11 is 0. The highest BCUT2D eigenvalue weighted by Crippen LogP contribution is 2.22. The lowest BCUT2D eigenvalue weighted by molar-refractivity contribution is 0.209. The summed E-state index contributed by atoms with van der Waals surface area (Å²) in [4.78, 5) is 11.7. The highest BCUT2D eigenvalue weighted by molar-refractivity contribution is 5.56. The first-order chi connectivity index (χ1) is 13.1. The molecule has 1 aliphatic heterocycles. The van der Waals surface area contributed by atoms with Crippen LogP contribution in [-0.2, 0) is 13.0 Å². The summed E-state index contributed by atoms with van der Waals surface area (Å²) in [5.41, 5.74) is 5.44. The fourth-order valence-corrected chi connectivity index (χ4v) is 3.73. The van der Waals surface area contributed by atoms with E-state index in [9.17, 15) is 0 Å². The van der Waals surface area contributed by atoms with E-state index in [0.717, 1.165) is 67.4 Å². The Balaban J connectivity index is 1.45. The number of fused-ring (bicyclic) bond motifs is 1. The summed E-state index contributed by atoms with van der Waals surface area (Å²) in [7, 11) is 0. The molecular formula is C21H28N6. The van der Waals surface area contributed by atoms with E-state index in [2.05, 4.69) is 54.2 Å². The molecule has 0 spiro atoms. The maximum absolute atomic E-state index is 4.77. The van der Waals surface area contributed by atoms with Gasteiger partial charge < -0.3 is 5.32 Å². The first kappa shape index (κ1) is 17.9. The predicted octanol–water partition coefficient (Wildman–Crippen LogP) is 3.38. The Hall–Kier alpha value is -2.47. The second-order valence-electron chi connectivity index (χ2n) is 7.45. The zero-order valence-electron chi connectivity index (χ0n) is 16.4. The molecule has 0 aliphatic carbocycles. The molecular weight excluding hydrogens is 336 g/mol. The summed E-state index contributed by atoms with van der Waals surface area (Å²) in [6.07, 6.45) is 5.05. The Morgan fingerprint density at radius 1 is 1.15 bits per heavy atom. The largest absolute Gasteiger partial charge is 0.367 e. The number of hydrogen-bond acceptors (Lipinski definition) is 5. The molecule has 1 saturated heterocycles. The van der Waals surface area contributed by atoms with Crippen molar-refractivity contribution in [2.45, 2.75) is 52.6 Å². The van der Waals surface area contributed by atoms with Crippen molar-refractivity contribution in [1.29, 1.82) is 0 Å². The molecule has 0 atom stereocenters. The molecule has 0 saturated carbocycles. The summed E-state index contributed by atoms with van der Waals surface area (Å²) < 4.78 is 1.98. The normalized spacial score (nSPS) is 16.1. The Bertz CT molecular complexity index is 909. The van der Waals surface area contributed by atoms with E-state index in [1.165, 1.54) is 5.56 Å². The number of anilines is 1. The SMILES string of the molecule is CCc1cc(NC2CCN(Cc3ccccn3)CC2)n2nc(C)c(C)c2n1. The number of nitrogens with zero attached hydrogens (tertiary/aromatic N) is 5. The molecule has 3 aromatic rings. The molecule has 0 unspecified atom stereocenters. The maximum atomic E-state index is 4.77. The van der Waals surface area contributed by atoms with Gasteiger partial charge in [0.25, 0.3) is 0 Å². The van der Waals surface area contributed by atoms with Crippen LogP contribution in [0.1, 0.15) is 42.4 Å². The van der Waals surface area contributed by atoms with Crippen molar-refractivity contribution in [2.75, 3.05) is 18.4 Å². The molecule has 6 nitrogen and oxygen atoms in total. The first-order valence-corrected chi connectivity index (χ1v) is 9.88. The average Bonchev–Trinajstić information content (AvgIpc) is 2.99. The van der Waals surface area contributed by atoms with Gasteiger partial charge in [0.15, 0.2) is 5.65 Å². The molecule has 0 aromatic carbocycles. The van der Waals surface area contributed by atoms with Gasteiger partial charge in [-0.25, -0.2) is 4.98 Å². The lowest BCUT2D eigenvalue weighted by Gasteiger charge is -2.32. The molecule has 0 radical (unpaired) electrons. The van der Waals surface area contributed by atoms with Crippen molar-refractivity contribution in [1.82, 2.24) is 24.5 Å². The van der Waals surface area contributed by atoms with E-state index in [1.807, 2.05) is 16.8 Å². The number of aromatic nitrogens is 4. The van der Waals surface area contributed by atoms with Crippen LogP contribution in [0.4, 0.5) is 5.82 Å². The molecule has 1 fully saturated rings. The van der Waals surface area contributed by atoms with Gasteiger partial charge in [-0.2, -0.15) is 9.61 Å². The highest BCUT2D eigenvalue weighted by Gasteiger charge is 2.21. The van der Waals surface area contributed by atoms with Crippen molar-refractivity contribution < 1.29 is 0 Å². The topological polar surface area (TPSA) is 58.4 Å². The van der Waals surface area contributed by atoms with Crippen LogP contribution in [0.15, 0.2) is 30.5 Å². The fourth-order valence-electron chi connectivity index (χ4n) is 3.73. The second-order valence-corrected chi connectivity index (χ2v) is 7.45. The van der Waals surface area contributed by atoms with Crippen LogP contribution in [0, 0.1) is 13.8 Å². The van der Waals surface area contributed by atoms with Gasteiger partial charge in [-0.15, -0.1) is 0 Å². The minimum atomic E-state index is 0.463. The van der Waals surface area contributed by atoms with Crippen LogP contribution in [0.5, 0.6) is 0 Å².